The molecule has 0 heterocycles. The zero-order chi connectivity index (χ0) is 14.8. The maximum atomic E-state index is 12.3. The molecule has 4 nitrogen and oxygen atoms in total. The van der Waals surface area contributed by atoms with Crippen molar-refractivity contribution >= 4 is 26.0 Å². The quantitative estimate of drug-likeness (QED) is 0.865. The molecule has 1 fully saturated rings. The van der Waals surface area contributed by atoms with Crippen LogP contribution < -0.4 is 4.72 Å². The van der Waals surface area contributed by atoms with Gasteiger partial charge in [0, 0.05) is 17.1 Å². The molecule has 0 unspecified atom stereocenters. The Kier molecular flexibility index (Phi) is 5.23. The fraction of sp³-hybridized carbons (Fsp3) is 0.571. The molecule has 2 rings (SSSR count). The van der Waals surface area contributed by atoms with E-state index in [4.69, 9.17) is 5.11 Å². The predicted octanol–water partition coefficient (Wildman–Crippen LogP) is 2.59. The highest BCUT2D eigenvalue weighted by Crippen LogP contribution is 2.26. The van der Waals surface area contributed by atoms with Gasteiger partial charge in [0.05, 0.1) is 4.90 Å². The Morgan fingerprint density at radius 1 is 1.30 bits per heavy atom. The second-order valence-corrected chi connectivity index (χ2v) is 8.00. The Morgan fingerprint density at radius 3 is 2.50 bits per heavy atom. The Balaban J connectivity index is 2.06. The largest absolute Gasteiger partial charge is 0.396 e. The molecule has 0 bridgehead atoms. The molecular formula is C14H20BrNO3S. The third kappa shape index (κ3) is 3.81. The van der Waals surface area contributed by atoms with Crippen molar-refractivity contribution in [2.45, 2.75) is 43.5 Å². The average Bonchev–Trinajstić information content (AvgIpc) is 2.42. The number of aryl methyl sites for hydroxylation is 1. The predicted molar refractivity (Wildman–Crippen MR) is 82.0 cm³/mol. The summed E-state index contributed by atoms with van der Waals surface area (Å²) < 4.78 is 28.2. The second kappa shape index (κ2) is 6.56. The van der Waals surface area contributed by atoms with Crippen LogP contribution in [-0.4, -0.2) is 26.2 Å². The molecule has 0 atom stereocenters. The number of aliphatic hydroxyl groups excluding tert-OH is 1. The summed E-state index contributed by atoms with van der Waals surface area (Å²) in [7, 11) is -3.47. The summed E-state index contributed by atoms with van der Waals surface area (Å²) in [4.78, 5) is 0.291. The van der Waals surface area contributed by atoms with Gasteiger partial charge < -0.3 is 5.11 Å². The van der Waals surface area contributed by atoms with Gasteiger partial charge in [-0.2, -0.15) is 0 Å². The first-order valence-corrected chi connectivity index (χ1v) is 9.09. The molecule has 6 heteroatoms. The zero-order valence-electron chi connectivity index (χ0n) is 11.5. The van der Waals surface area contributed by atoms with Gasteiger partial charge in [0.25, 0.3) is 0 Å². The lowest BCUT2D eigenvalue weighted by Crippen LogP contribution is -2.38. The summed E-state index contributed by atoms with van der Waals surface area (Å²) in [6.45, 7) is 2.12. The molecule has 2 N–H and O–H groups in total. The molecule has 1 saturated carbocycles. The van der Waals surface area contributed by atoms with Crippen molar-refractivity contribution in [1.82, 2.24) is 4.72 Å². The van der Waals surface area contributed by atoms with Crippen molar-refractivity contribution in [2.75, 3.05) is 6.61 Å². The van der Waals surface area contributed by atoms with Crippen molar-refractivity contribution in [3.05, 3.63) is 28.2 Å². The van der Waals surface area contributed by atoms with Crippen molar-refractivity contribution in [2.24, 2.45) is 5.92 Å². The van der Waals surface area contributed by atoms with Crippen LogP contribution in [-0.2, 0) is 10.0 Å². The third-order valence-electron chi connectivity index (χ3n) is 3.88. The second-order valence-electron chi connectivity index (χ2n) is 5.43. The Hall–Kier alpha value is -0.430. The minimum atomic E-state index is -3.47. The average molecular weight is 362 g/mol. The molecule has 0 amide bonds. The monoisotopic (exact) mass is 361 g/mol. The lowest BCUT2D eigenvalue weighted by Gasteiger charge is -2.27. The molecule has 0 radical (unpaired) electrons. The summed E-state index contributed by atoms with van der Waals surface area (Å²) in [5, 5.41) is 9.10. The van der Waals surface area contributed by atoms with Gasteiger partial charge in [0.15, 0.2) is 0 Å². The van der Waals surface area contributed by atoms with Crippen LogP contribution in [0, 0.1) is 12.8 Å². The fourth-order valence-corrected chi connectivity index (χ4v) is 4.35. The standard InChI is InChI=1S/C14H20BrNO3S/c1-10-2-7-13(8-14(10)15)20(18,19)16-12-5-3-11(9-17)4-6-12/h2,7-8,11-12,16-17H,3-6,9H2,1H3/t11-,12-. The lowest BCUT2D eigenvalue weighted by molar-refractivity contribution is 0.180. The SMILES string of the molecule is Cc1ccc(S(=O)(=O)N[C@H]2CC[C@H](CO)CC2)cc1Br. The van der Waals surface area contributed by atoms with Gasteiger partial charge >= 0.3 is 0 Å². The number of halogens is 1. The topological polar surface area (TPSA) is 66.4 Å². The minimum absolute atomic E-state index is 0.0251. The van der Waals surface area contributed by atoms with Crippen LogP contribution in [0.4, 0.5) is 0 Å². The van der Waals surface area contributed by atoms with E-state index in [1.807, 2.05) is 6.92 Å². The molecule has 1 aromatic rings. The van der Waals surface area contributed by atoms with Crippen LogP contribution in [0.15, 0.2) is 27.6 Å². The lowest BCUT2D eigenvalue weighted by atomic mass is 9.87. The molecular weight excluding hydrogens is 342 g/mol. The molecule has 0 spiro atoms. The molecule has 0 aromatic heterocycles. The molecule has 0 saturated heterocycles. The number of nitrogens with one attached hydrogen (secondary N) is 1. The molecule has 1 aliphatic rings. The zero-order valence-corrected chi connectivity index (χ0v) is 13.9. The Bertz CT molecular complexity index is 566. The van der Waals surface area contributed by atoms with E-state index in [2.05, 4.69) is 20.7 Å². The number of rotatable bonds is 4. The maximum absolute atomic E-state index is 12.3. The van der Waals surface area contributed by atoms with Gasteiger partial charge in [-0.1, -0.05) is 22.0 Å². The number of hydrogen-bond acceptors (Lipinski definition) is 3. The number of aliphatic hydroxyl groups is 1. The van der Waals surface area contributed by atoms with Crippen molar-refractivity contribution in [3.8, 4) is 0 Å². The van der Waals surface area contributed by atoms with Gasteiger partial charge in [-0.05, 0) is 56.2 Å². The first-order valence-electron chi connectivity index (χ1n) is 6.81. The third-order valence-corrected chi connectivity index (χ3v) is 6.25. The summed E-state index contributed by atoms with van der Waals surface area (Å²) in [5.41, 5.74) is 1.01. The van der Waals surface area contributed by atoms with Gasteiger partial charge in [-0.25, -0.2) is 13.1 Å². The van der Waals surface area contributed by atoms with Gasteiger partial charge in [0.2, 0.25) is 10.0 Å². The van der Waals surface area contributed by atoms with E-state index < -0.39 is 10.0 Å². The van der Waals surface area contributed by atoms with Crippen LogP contribution in [0.25, 0.3) is 0 Å². The van der Waals surface area contributed by atoms with Gasteiger partial charge in [0.1, 0.15) is 0 Å². The van der Waals surface area contributed by atoms with E-state index >= 15 is 0 Å². The highest BCUT2D eigenvalue weighted by molar-refractivity contribution is 9.10. The molecule has 20 heavy (non-hydrogen) atoms. The number of hydrogen-bond donors (Lipinski definition) is 2. The Morgan fingerprint density at radius 2 is 1.95 bits per heavy atom. The van der Waals surface area contributed by atoms with E-state index in [1.165, 1.54) is 0 Å². The smallest absolute Gasteiger partial charge is 0.240 e. The highest BCUT2D eigenvalue weighted by Gasteiger charge is 2.25. The molecule has 1 aromatic carbocycles. The summed E-state index contributed by atoms with van der Waals surface area (Å²) in [6, 6.07) is 5.03. The normalized spacial score (nSPS) is 23.8. The minimum Gasteiger partial charge on any atom is -0.396 e. The first-order chi connectivity index (χ1) is 9.42. The summed E-state index contributed by atoms with van der Waals surface area (Å²) >= 11 is 3.36. The molecule has 0 aliphatic heterocycles. The van der Waals surface area contributed by atoms with Gasteiger partial charge in [-0.15, -0.1) is 0 Å². The van der Waals surface area contributed by atoms with E-state index in [0.29, 0.717) is 10.8 Å². The first kappa shape index (κ1) is 15.9. The van der Waals surface area contributed by atoms with Crippen LogP contribution in [0.3, 0.4) is 0 Å². The summed E-state index contributed by atoms with van der Waals surface area (Å²) in [5.74, 6) is 0.323. The maximum Gasteiger partial charge on any atom is 0.240 e. The van der Waals surface area contributed by atoms with E-state index in [9.17, 15) is 8.42 Å². The number of sulfonamides is 1. The Labute approximate surface area is 128 Å². The van der Waals surface area contributed by atoms with E-state index in [-0.39, 0.29) is 12.6 Å². The van der Waals surface area contributed by atoms with Crippen LogP contribution in [0.5, 0.6) is 0 Å². The number of benzene rings is 1. The fourth-order valence-electron chi connectivity index (χ4n) is 2.49. The van der Waals surface area contributed by atoms with Crippen molar-refractivity contribution in [3.63, 3.8) is 0 Å². The molecule has 112 valence electrons. The van der Waals surface area contributed by atoms with Crippen LogP contribution >= 0.6 is 15.9 Å². The molecule has 1 aliphatic carbocycles. The van der Waals surface area contributed by atoms with Gasteiger partial charge in [-0.3, -0.25) is 0 Å². The van der Waals surface area contributed by atoms with Crippen LogP contribution in [0.2, 0.25) is 0 Å². The highest BCUT2D eigenvalue weighted by atomic mass is 79.9. The van der Waals surface area contributed by atoms with E-state index in [1.54, 1.807) is 18.2 Å². The van der Waals surface area contributed by atoms with Crippen molar-refractivity contribution < 1.29 is 13.5 Å². The van der Waals surface area contributed by atoms with Crippen molar-refractivity contribution in [1.29, 1.82) is 0 Å². The van der Waals surface area contributed by atoms with E-state index in [0.717, 1.165) is 35.7 Å². The van der Waals surface area contributed by atoms with Crippen LogP contribution in [0.1, 0.15) is 31.2 Å². The summed E-state index contributed by atoms with van der Waals surface area (Å²) in [6.07, 6.45) is 3.33.